The Morgan fingerprint density at radius 1 is 1.36 bits per heavy atom. The van der Waals surface area contributed by atoms with E-state index in [0.29, 0.717) is 18.1 Å². The van der Waals surface area contributed by atoms with Gasteiger partial charge in [0, 0.05) is 30.7 Å². The lowest BCUT2D eigenvalue weighted by molar-refractivity contribution is 0.0593. The highest BCUT2D eigenvalue weighted by Gasteiger charge is 2.14. The molecule has 0 aliphatic heterocycles. The molecule has 0 fully saturated rings. The van der Waals surface area contributed by atoms with Gasteiger partial charge in [-0.1, -0.05) is 19.6 Å². The standard InChI is InChI=1S/C15H21BrN2O3Si/c1-20-15(19)13-6-5-11-12(16)9-18(14(11)17-13)10-21-7-8-22(2,3)4/h5-6,9H,7-8,10H2,1-4H3. The maximum atomic E-state index is 11.6. The van der Waals surface area contributed by atoms with E-state index in [1.807, 2.05) is 16.8 Å². The van der Waals surface area contributed by atoms with Crippen molar-refractivity contribution >= 4 is 41.0 Å². The molecule has 0 atom stereocenters. The summed E-state index contributed by atoms with van der Waals surface area (Å²) in [5.41, 5.74) is 1.01. The Kier molecular flexibility index (Phi) is 5.41. The third kappa shape index (κ3) is 4.18. The van der Waals surface area contributed by atoms with Crippen LogP contribution in [0.3, 0.4) is 0 Å². The number of pyridine rings is 1. The SMILES string of the molecule is COC(=O)c1ccc2c(Br)cn(COCC[Si](C)(C)C)c2n1. The van der Waals surface area contributed by atoms with Crippen LogP contribution in [0.2, 0.25) is 25.7 Å². The highest BCUT2D eigenvalue weighted by Crippen LogP contribution is 2.25. The highest BCUT2D eigenvalue weighted by molar-refractivity contribution is 9.10. The fourth-order valence-corrected chi connectivity index (χ4v) is 3.29. The fourth-order valence-electron chi connectivity index (χ4n) is 1.98. The minimum atomic E-state index is -1.09. The summed E-state index contributed by atoms with van der Waals surface area (Å²) in [5.74, 6) is -0.439. The minimum Gasteiger partial charge on any atom is -0.464 e. The van der Waals surface area contributed by atoms with Gasteiger partial charge in [0.15, 0.2) is 5.69 Å². The number of rotatable bonds is 6. The van der Waals surface area contributed by atoms with Crippen LogP contribution in [0.25, 0.3) is 11.0 Å². The fraction of sp³-hybridized carbons (Fsp3) is 0.467. The zero-order chi connectivity index (χ0) is 16.3. The van der Waals surface area contributed by atoms with Crippen LogP contribution in [0.5, 0.6) is 0 Å². The van der Waals surface area contributed by atoms with Crippen molar-refractivity contribution in [3.05, 3.63) is 28.5 Å². The molecule has 0 bridgehead atoms. The molecule has 2 aromatic rings. The van der Waals surface area contributed by atoms with Crippen molar-refractivity contribution in [3.8, 4) is 0 Å². The Balaban J connectivity index is 2.17. The number of aromatic nitrogens is 2. The second kappa shape index (κ2) is 6.93. The monoisotopic (exact) mass is 384 g/mol. The number of fused-ring (bicyclic) bond motifs is 1. The molecule has 0 unspecified atom stereocenters. The van der Waals surface area contributed by atoms with Crippen LogP contribution in [0.4, 0.5) is 0 Å². The molecular weight excluding hydrogens is 364 g/mol. The number of halogens is 1. The average molecular weight is 385 g/mol. The third-order valence-corrected chi connectivity index (χ3v) is 5.63. The smallest absolute Gasteiger partial charge is 0.356 e. The Bertz CT molecular complexity index is 679. The number of ether oxygens (including phenoxy) is 2. The van der Waals surface area contributed by atoms with Crippen molar-refractivity contribution < 1.29 is 14.3 Å². The Labute approximate surface area is 139 Å². The van der Waals surface area contributed by atoms with Crippen molar-refractivity contribution in [3.63, 3.8) is 0 Å². The topological polar surface area (TPSA) is 53.4 Å². The quantitative estimate of drug-likeness (QED) is 0.430. The maximum Gasteiger partial charge on any atom is 0.356 e. The molecule has 7 heteroatoms. The van der Waals surface area contributed by atoms with E-state index < -0.39 is 14.0 Å². The second-order valence-corrected chi connectivity index (χ2v) is 12.8. The summed E-state index contributed by atoms with van der Waals surface area (Å²) in [6.45, 7) is 8.13. The van der Waals surface area contributed by atoms with E-state index in [1.54, 1.807) is 6.07 Å². The summed E-state index contributed by atoms with van der Waals surface area (Å²) in [6.07, 6.45) is 1.92. The zero-order valence-electron chi connectivity index (χ0n) is 13.4. The Morgan fingerprint density at radius 3 is 2.73 bits per heavy atom. The van der Waals surface area contributed by atoms with Gasteiger partial charge in [0.2, 0.25) is 0 Å². The van der Waals surface area contributed by atoms with Gasteiger partial charge >= 0.3 is 5.97 Å². The predicted octanol–water partition coefficient (Wildman–Crippen LogP) is 3.90. The van der Waals surface area contributed by atoms with Crippen LogP contribution in [-0.2, 0) is 16.2 Å². The molecule has 0 aliphatic rings. The first-order valence-corrected chi connectivity index (χ1v) is 11.6. The van der Waals surface area contributed by atoms with Crippen molar-refractivity contribution in [1.82, 2.24) is 9.55 Å². The molecular formula is C15H21BrN2O3Si. The van der Waals surface area contributed by atoms with E-state index in [-0.39, 0.29) is 0 Å². The molecule has 2 aromatic heterocycles. The van der Waals surface area contributed by atoms with Crippen LogP contribution < -0.4 is 0 Å². The summed E-state index contributed by atoms with van der Waals surface area (Å²) in [5, 5.41) is 0.946. The number of methoxy groups -OCH3 is 1. The predicted molar refractivity (Wildman–Crippen MR) is 92.9 cm³/mol. The summed E-state index contributed by atoms with van der Waals surface area (Å²) in [7, 11) is 0.257. The summed E-state index contributed by atoms with van der Waals surface area (Å²) in [4.78, 5) is 16.0. The molecule has 5 nitrogen and oxygen atoms in total. The molecule has 2 heterocycles. The normalized spacial score (nSPS) is 11.9. The number of hydrogen-bond donors (Lipinski definition) is 0. The molecule has 0 saturated heterocycles. The van der Waals surface area contributed by atoms with E-state index >= 15 is 0 Å². The average Bonchev–Trinajstić information content (AvgIpc) is 2.78. The molecule has 0 saturated carbocycles. The van der Waals surface area contributed by atoms with E-state index in [1.165, 1.54) is 7.11 Å². The minimum absolute atomic E-state index is 0.295. The number of nitrogens with zero attached hydrogens (tertiary/aromatic N) is 2. The van der Waals surface area contributed by atoms with Crippen molar-refractivity contribution in [2.45, 2.75) is 32.4 Å². The molecule has 0 N–H and O–H groups in total. The lowest BCUT2D eigenvalue weighted by atomic mass is 10.3. The molecule has 2 rings (SSSR count). The van der Waals surface area contributed by atoms with Crippen molar-refractivity contribution in [1.29, 1.82) is 0 Å². The van der Waals surface area contributed by atoms with Gasteiger partial charge in [0.05, 0.1) is 7.11 Å². The van der Waals surface area contributed by atoms with Gasteiger partial charge in [0.1, 0.15) is 12.4 Å². The Morgan fingerprint density at radius 2 is 2.09 bits per heavy atom. The number of carbonyl (C=O) groups is 1. The van der Waals surface area contributed by atoms with E-state index in [0.717, 1.165) is 22.5 Å². The van der Waals surface area contributed by atoms with Crippen LogP contribution in [0.1, 0.15) is 10.5 Å². The van der Waals surface area contributed by atoms with Gasteiger partial charge in [-0.25, -0.2) is 9.78 Å². The van der Waals surface area contributed by atoms with Gasteiger partial charge in [-0.15, -0.1) is 0 Å². The third-order valence-electron chi connectivity index (χ3n) is 3.29. The molecule has 22 heavy (non-hydrogen) atoms. The molecule has 0 amide bonds. The largest absolute Gasteiger partial charge is 0.464 e. The number of hydrogen-bond acceptors (Lipinski definition) is 4. The van der Waals surface area contributed by atoms with Crippen LogP contribution >= 0.6 is 15.9 Å². The molecule has 0 aromatic carbocycles. The lowest BCUT2D eigenvalue weighted by Crippen LogP contribution is -2.22. The maximum absolute atomic E-state index is 11.6. The molecule has 0 aliphatic carbocycles. The summed E-state index contributed by atoms with van der Waals surface area (Å²) >= 11 is 3.51. The second-order valence-electron chi connectivity index (χ2n) is 6.35. The summed E-state index contributed by atoms with van der Waals surface area (Å²) < 4.78 is 13.3. The highest BCUT2D eigenvalue weighted by atomic mass is 79.9. The van der Waals surface area contributed by atoms with E-state index in [4.69, 9.17) is 9.47 Å². The van der Waals surface area contributed by atoms with Gasteiger partial charge < -0.3 is 14.0 Å². The van der Waals surface area contributed by atoms with Gasteiger partial charge in [-0.05, 0) is 34.1 Å². The summed E-state index contributed by atoms with van der Waals surface area (Å²) in [6, 6.07) is 4.64. The van der Waals surface area contributed by atoms with Gasteiger partial charge in [-0.2, -0.15) is 0 Å². The van der Waals surface area contributed by atoms with E-state index in [2.05, 4.69) is 40.6 Å². The van der Waals surface area contributed by atoms with Crippen LogP contribution in [0.15, 0.2) is 22.8 Å². The molecule has 0 spiro atoms. The Hall–Kier alpha value is -1.18. The van der Waals surface area contributed by atoms with Crippen molar-refractivity contribution in [2.24, 2.45) is 0 Å². The van der Waals surface area contributed by atoms with Crippen LogP contribution in [0, 0.1) is 0 Å². The lowest BCUT2D eigenvalue weighted by Gasteiger charge is -2.15. The first-order valence-electron chi connectivity index (χ1n) is 7.13. The van der Waals surface area contributed by atoms with E-state index in [9.17, 15) is 4.79 Å². The molecule has 120 valence electrons. The van der Waals surface area contributed by atoms with Crippen LogP contribution in [-0.4, -0.2) is 37.3 Å². The first-order chi connectivity index (χ1) is 10.3. The number of carbonyl (C=O) groups excluding carboxylic acids is 1. The number of esters is 1. The van der Waals surface area contributed by atoms with Gasteiger partial charge in [-0.3, -0.25) is 0 Å². The van der Waals surface area contributed by atoms with Gasteiger partial charge in [0.25, 0.3) is 0 Å². The molecule has 0 radical (unpaired) electrons. The zero-order valence-corrected chi connectivity index (χ0v) is 15.9. The van der Waals surface area contributed by atoms with Crippen molar-refractivity contribution in [2.75, 3.05) is 13.7 Å². The first kappa shape index (κ1) is 17.2.